The number of halogens is 2. The van der Waals surface area contributed by atoms with Crippen LogP contribution < -0.4 is 15.6 Å². The maximum atomic E-state index is 14.2. The van der Waals surface area contributed by atoms with E-state index in [9.17, 15) is 13.6 Å². The van der Waals surface area contributed by atoms with Gasteiger partial charge in [0, 0.05) is 37.3 Å². The van der Waals surface area contributed by atoms with E-state index in [0.717, 1.165) is 5.56 Å². The third-order valence-corrected chi connectivity index (χ3v) is 4.67. The Morgan fingerprint density at radius 3 is 2.93 bits per heavy atom. The Morgan fingerprint density at radius 1 is 1.26 bits per heavy atom. The van der Waals surface area contributed by atoms with E-state index in [1.54, 1.807) is 19.2 Å². The van der Waals surface area contributed by atoms with E-state index in [1.165, 1.54) is 35.0 Å². The number of rotatable bonds is 4. The third kappa shape index (κ3) is 3.16. The van der Waals surface area contributed by atoms with Crippen molar-refractivity contribution in [2.24, 2.45) is 7.05 Å². The molecule has 0 amide bonds. The Bertz CT molecular complexity index is 1080. The van der Waals surface area contributed by atoms with Crippen LogP contribution in [0.5, 0.6) is 5.75 Å². The van der Waals surface area contributed by atoms with Gasteiger partial charge in [-0.15, -0.1) is 0 Å². The van der Waals surface area contributed by atoms with Gasteiger partial charge in [0.05, 0.1) is 12.2 Å². The molecule has 0 spiro atoms. The molecule has 1 N–H and O–H groups in total. The van der Waals surface area contributed by atoms with Crippen LogP contribution >= 0.6 is 0 Å². The van der Waals surface area contributed by atoms with Gasteiger partial charge < -0.3 is 10.1 Å². The maximum absolute atomic E-state index is 14.2. The molecule has 0 atom stereocenters. The molecule has 0 saturated carbocycles. The number of ether oxygens (including phenoxy) is 1. The summed E-state index contributed by atoms with van der Waals surface area (Å²) in [4.78, 5) is 16.9. The summed E-state index contributed by atoms with van der Waals surface area (Å²) in [6, 6.07) is 8.79. The topological polar surface area (TPSA) is 56.1 Å². The lowest BCUT2D eigenvalue weighted by atomic mass is 10.0. The van der Waals surface area contributed by atoms with Gasteiger partial charge in [-0.25, -0.2) is 13.8 Å². The zero-order valence-corrected chi connectivity index (χ0v) is 14.6. The van der Waals surface area contributed by atoms with Crippen LogP contribution in [-0.4, -0.2) is 16.2 Å². The standard InChI is InChI=1S/C20H17F2N3O2/c1-25-19(26)15(12-3-2-4-13(21)9-12)10-23-20(25)24-11-16-14-7-8-27-18(14)6-5-17(16)22/h2-6,9-10H,7-8,11H2,1H3,(H,23,24). The number of benzene rings is 2. The van der Waals surface area contributed by atoms with Crippen molar-refractivity contribution in [1.29, 1.82) is 0 Å². The molecular formula is C20H17F2N3O2. The second-order valence-electron chi connectivity index (χ2n) is 6.32. The Morgan fingerprint density at radius 2 is 2.11 bits per heavy atom. The van der Waals surface area contributed by atoms with Gasteiger partial charge >= 0.3 is 0 Å². The summed E-state index contributed by atoms with van der Waals surface area (Å²) in [6.07, 6.45) is 2.04. The lowest BCUT2D eigenvalue weighted by Crippen LogP contribution is -2.23. The number of anilines is 1. The molecule has 1 aromatic heterocycles. The molecule has 0 radical (unpaired) electrons. The zero-order chi connectivity index (χ0) is 19.0. The molecule has 3 aromatic rings. The van der Waals surface area contributed by atoms with Crippen LogP contribution in [0, 0.1) is 11.6 Å². The SMILES string of the molecule is Cn1c(NCc2c(F)ccc3c2CCO3)ncc(-c2cccc(F)c2)c1=O. The summed E-state index contributed by atoms with van der Waals surface area (Å²) in [5, 5.41) is 3.01. The first-order valence-electron chi connectivity index (χ1n) is 8.53. The molecule has 0 aliphatic carbocycles. The van der Waals surface area contributed by atoms with Gasteiger partial charge in [0.15, 0.2) is 0 Å². The van der Waals surface area contributed by atoms with Crippen molar-refractivity contribution in [3.05, 3.63) is 75.7 Å². The lowest BCUT2D eigenvalue weighted by molar-refractivity contribution is 0.356. The van der Waals surface area contributed by atoms with Crippen molar-refractivity contribution in [1.82, 2.24) is 9.55 Å². The lowest BCUT2D eigenvalue weighted by Gasteiger charge is -2.13. The van der Waals surface area contributed by atoms with Crippen molar-refractivity contribution in [2.75, 3.05) is 11.9 Å². The second-order valence-corrected chi connectivity index (χ2v) is 6.32. The molecule has 0 fully saturated rings. The van der Waals surface area contributed by atoms with Gasteiger partial charge in [0.25, 0.3) is 5.56 Å². The Hall–Kier alpha value is -3.22. The number of nitrogens with one attached hydrogen (secondary N) is 1. The smallest absolute Gasteiger partial charge is 0.262 e. The highest BCUT2D eigenvalue weighted by atomic mass is 19.1. The van der Waals surface area contributed by atoms with E-state index in [4.69, 9.17) is 4.74 Å². The first-order chi connectivity index (χ1) is 13.0. The highest BCUT2D eigenvalue weighted by Gasteiger charge is 2.19. The minimum Gasteiger partial charge on any atom is -0.493 e. The van der Waals surface area contributed by atoms with Crippen molar-refractivity contribution >= 4 is 5.95 Å². The highest BCUT2D eigenvalue weighted by Crippen LogP contribution is 2.30. The van der Waals surface area contributed by atoms with Gasteiger partial charge in [0.1, 0.15) is 17.4 Å². The molecule has 138 valence electrons. The van der Waals surface area contributed by atoms with Crippen LogP contribution in [0.15, 0.2) is 47.4 Å². The molecule has 0 saturated heterocycles. The zero-order valence-electron chi connectivity index (χ0n) is 14.6. The number of fused-ring (bicyclic) bond motifs is 1. The number of hydrogen-bond donors (Lipinski definition) is 1. The summed E-state index contributed by atoms with van der Waals surface area (Å²) in [6.45, 7) is 0.711. The predicted molar refractivity (Wildman–Crippen MR) is 97.8 cm³/mol. The Labute approximate surface area is 154 Å². The molecule has 7 heteroatoms. The Balaban J connectivity index is 1.62. The van der Waals surface area contributed by atoms with Gasteiger partial charge in [-0.05, 0) is 29.8 Å². The molecule has 1 aliphatic heterocycles. The normalized spacial score (nSPS) is 12.6. The fraction of sp³-hybridized carbons (Fsp3) is 0.200. The minimum absolute atomic E-state index is 0.179. The second kappa shape index (κ2) is 6.83. The van der Waals surface area contributed by atoms with Gasteiger partial charge in [-0.2, -0.15) is 0 Å². The molecule has 1 aliphatic rings. The first kappa shape index (κ1) is 17.2. The van der Waals surface area contributed by atoms with E-state index in [2.05, 4.69) is 10.3 Å². The van der Waals surface area contributed by atoms with Gasteiger partial charge in [-0.1, -0.05) is 12.1 Å². The first-order valence-corrected chi connectivity index (χ1v) is 8.53. The number of aromatic nitrogens is 2. The molecule has 0 unspecified atom stereocenters. The average Bonchev–Trinajstić information content (AvgIpc) is 3.13. The largest absolute Gasteiger partial charge is 0.493 e. The van der Waals surface area contributed by atoms with Crippen molar-refractivity contribution in [2.45, 2.75) is 13.0 Å². The Kier molecular flexibility index (Phi) is 4.35. The van der Waals surface area contributed by atoms with Crippen molar-refractivity contribution in [3.8, 4) is 16.9 Å². The molecule has 4 rings (SSSR count). The molecule has 0 bridgehead atoms. The molecule has 2 aromatic carbocycles. The van der Waals surface area contributed by atoms with Crippen LogP contribution in [-0.2, 0) is 20.0 Å². The van der Waals surface area contributed by atoms with Crippen LogP contribution in [0.25, 0.3) is 11.1 Å². The number of nitrogens with zero attached hydrogens (tertiary/aromatic N) is 2. The van der Waals surface area contributed by atoms with E-state index < -0.39 is 5.82 Å². The number of hydrogen-bond acceptors (Lipinski definition) is 4. The third-order valence-electron chi connectivity index (χ3n) is 4.67. The molecule has 27 heavy (non-hydrogen) atoms. The van der Waals surface area contributed by atoms with Gasteiger partial charge in [-0.3, -0.25) is 9.36 Å². The van der Waals surface area contributed by atoms with Crippen LogP contribution in [0.1, 0.15) is 11.1 Å². The summed E-state index contributed by atoms with van der Waals surface area (Å²) < 4.78 is 34.5. The van der Waals surface area contributed by atoms with Crippen molar-refractivity contribution in [3.63, 3.8) is 0 Å². The maximum Gasteiger partial charge on any atom is 0.262 e. The van der Waals surface area contributed by atoms with E-state index >= 15 is 0 Å². The predicted octanol–water partition coefficient (Wildman–Crippen LogP) is 3.27. The molecular weight excluding hydrogens is 352 g/mol. The summed E-state index contributed by atoms with van der Waals surface area (Å²) >= 11 is 0. The van der Waals surface area contributed by atoms with Crippen LogP contribution in [0.2, 0.25) is 0 Å². The van der Waals surface area contributed by atoms with E-state index in [1.807, 2.05) is 0 Å². The quantitative estimate of drug-likeness (QED) is 0.767. The van der Waals surface area contributed by atoms with E-state index in [-0.39, 0.29) is 17.9 Å². The van der Waals surface area contributed by atoms with Crippen molar-refractivity contribution < 1.29 is 13.5 Å². The van der Waals surface area contributed by atoms with Crippen LogP contribution in [0.4, 0.5) is 14.7 Å². The van der Waals surface area contributed by atoms with Gasteiger partial charge in [0.2, 0.25) is 5.95 Å². The fourth-order valence-corrected chi connectivity index (χ4v) is 3.24. The average molecular weight is 369 g/mol. The summed E-state index contributed by atoms with van der Waals surface area (Å²) in [5.41, 5.74) is 1.78. The summed E-state index contributed by atoms with van der Waals surface area (Å²) in [7, 11) is 1.56. The minimum atomic E-state index is -0.424. The monoisotopic (exact) mass is 369 g/mol. The van der Waals surface area contributed by atoms with Crippen LogP contribution in [0.3, 0.4) is 0 Å². The summed E-state index contributed by atoms with van der Waals surface area (Å²) in [5.74, 6) is 0.244. The molecule has 2 heterocycles. The van der Waals surface area contributed by atoms with E-state index in [0.29, 0.717) is 41.4 Å². The molecule has 5 nitrogen and oxygen atoms in total. The fourth-order valence-electron chi connectivity index (χ4n) is 3.24. The highest BCUT2D eigenvalue weighted by molar-refractivity contribution is 5.62.